The summed E-state index contributed by atoms with van der Waals surface area (Å²) in [6.07, 6.45) is -4.69. The molecule has 106 valence electrons. The maximum atomic E-state index is 10.7. The molecule has 1 fully saturated rings. The average Bonchev–Trinajstić information content (AvgIpc) is 2.24. The van der Waals surface area contributed by atoms with Crippen molar-refractivity contribution in [3.8, 4) is 0 Å². The van der Waals surface area contributed by atoms with E-state index in [2.05, 4.69) is 0 Å². The standard InChI is InChI=1S/C8H11Cl3O7/c9-8(10,11)4-6(17,1-12)5(16)7(4,18)2(13)3(14)15/h2,4-5,12-13,16-18H,1H2,(H,14,15)/t2-,4?,5+,6-,7-/m0/s1. The monoisotopic (exact) mass is 324 g/mol. The van der Waals surface area contributed by atoms with Crippen LogP contribution in [0, 0.1) is 5.92 Å². The van der Waals surface area contributed by atoms with Crippen LogP contribution >= 0.6 is 34.8 Å². The highest BCUT2D eigenvalue weighted by Crippen LogP contribution is 2.58. The molecule has 0 radical (unpaired) electrons. The number of halogens is 3. The molecule has 0 aromatic carbocycles. The minimum Gasteiger partial charge on any atom is -0.479 e. The number of carboxylic acids is 1. The first-order chi connectivity index (χ1) is 7.94. The van der Waals surface area contributed by atoms with Gasteiger partial charge in [0.15, 0.2) is 9.90 Å². The highest BCUT2D eigenvalue weighted by atomic mass is 35.6. The first-order valence-electron chi connectivity index (χ1n) is 4.65. The SMILES string of the molecule is O=C(O)[C@H](O)[C@]1(O)C(C(Cl)(Cl)Cl)[C@@](O)(CO)[C@H]1O. The smallest absolute Gasteiger partial charge is 0.335 e. The molecular formula is C8H11Cl3O7. The quantitative estimate of drug-likeness (QED) is 0.338. The molecule has 10 heteroatoms. The van der Waals surface area contributed by atoms with E-state index in [-0.39, 0.29) is 0 Å². The minimum absolute atomic E-state index is 1.10. The summed E-state index contributed by atoms with van der Waals surface area (Å²) in [6, 6.07) is 0. The van der Waals surface area contributed by atoms with Crippen LogP contribution in [0.4, 0.5) is 0 Å². The molecule has 7 nitrogen and oxygen atoms in total. The Balaban J connectivity index is 3.25. The molecule has 1 saturated carbocycles. The summed E-state index contributed by atoms with van der Waals surface area (Å²) in [5, 5.41) is 56.4. The summed E-state index contributed by atoms with van der Waals surface area (Å²) in [7, 11) is 0. The lowest BCUT2D eigenvalue weighted by atomic mass is 9.54. The summed E-state index contributed by atoms with van der Waals surface area (Å²) in [5.74, 6) is -3.77. The largest absolute Gasteiger partial charge is 0.479 e. The van der Waals surface area contributed by atoms with Crippen LogP contribution in [0.25, 0.3) is 0 Å². The fraction of sp³-hybridized carbons (Fsp3) is 0.875. The van der Waals surface area contributed by atoms with Crippen LogP contribution in [0.2, 0.25) is 0 Å². The van der Waals surface area contributed by atoms with Crippen molar-refractivity contribution >= 4 is 40.8 Å². The van der Waals surface area contributed by atoms with Gasteiger partial charge in [0.05, 0.1) is 12.5 Å². The van der Waals surface area contributed by atoms with E-state index in [0.717, 1.165) is 0 Å². The van der Waals surface area contributed by atoms with E-state index < -0.39 is 45.7 Å². The highest BCUT2D eigenvalue weighted by molar-refractivity contribution is 6.68. The van der Waals surface area contributed by atoms with Crippen molar-refractivity contribution in [2.24, 2.45) is 5.92 Å². The second-order valence-electron chi connectivity index (χ2n) is 4.15. The fourth-order valence-corrected chi connectivity index (χ4v) is 3.34. The Hall–Kier alpha value is 0.140. The predicted molar refractivity (Wildman–Crippen MR) is 60.4 cm³/mol. The van der Waals surface area contributed by atoms with E-state index in [4.69, 9.17) is 45.0 Å². The Morgan fingerprint density at radius 2 is 1.78 bits per heavy atom. The third kappa shape index (κ3) is 1.99. The Labute approximate surface area is 116 Å². The zero-order valence-electron chi connectivity index (χ0n) is 8.66. The molecule has 1 aliphatic carbocycles. The molecule has 5 atom stereocenters. The van der Waals surface area contributed by atoms with Crippen LogP contribution in [-0.4, -0.2) is 70.4 Å². The molecule has 0 bridgehead atoms. The topological polar surface area (TPSA) is 138 Å². The van der Waals surface area contributed by atoms with E-state index in [9.17, 15) is 25.2 Å². The Bertz CT molecular complexity index is 359. The van der Waals surface area contributed by atoms with Crippen LogP contribution < -0.4 is 0 Å². The van der Waals surface area contributed by atoms with Gasteiger partial charge in [-0.1, -0.05) is 34.8 Å². The Morgan fingerprint density at radius 1 is 1.33 bits per heavy atom. The van der Waals surface area contributed by atoms with Crippen molar-refractivity contribution in [3.63, 3.8) is 0 Å². The summed E-state index contributed by atoms with van der Waals surface area (Å²) in [6.45, 7) is -1.10. The van der Waals surface area contributed by atoms with Crippen molar-refractivity contribution in [2.75, 3.05) is 6.61 Å². The number of alkyl halides is 3. The molecule has 0 heterocycles. The Morgan fingerprint density at radius 3 is 2.06 bits per heavy atom. The number of rotatable bonds is 3. The van der Waals surface area contributed by atoms with E-state index in [1.54, 1.807) is 0 Å². The van der Waals surface area contributed by atoms with Gasteiger partial charge in [-0.15, -0.1) is 0 Å². The van der Waals surface area contributed by atoms with Gasteiger partial charge in [0.1, 0.15) is 17.3 Å². The van der Waals surface area contributed by atoms with E-state index in [1.807, 2.05) is 0 Å². The molecule has 6 N–H and O–H groups in total. The zero-order valence-corrected chi connectivity index (χ0v) is 10.9. The maximum absolute atomic E-state index is 10.7. The molecule has 1 aliphatic rings. The van der Waals surface area contributed by atoms with Gasteiger partial charge in [-0.2, -0.15) is 0 Å². The number of hydrogen-bond donors (Lipinski definition) is 6. The lowest BCUT2D eigenvalue weighted by Crippen LogP contribution is -2.85. The van der Waals surface area contributed by atoms with Crippen molar-refractivity contribution in [1.82, 2.24) is 0 Å². The van der Waals surface area contributed by atoms with Crippen LogP contribution in [0.15, 0.2) is 0 Å². The highest BCUT2D eigenvalue weighted by Gasteiger charge is 2.78. The molecule has 0 aromatic heterocycles. The summed E-state index contributed by atoms with van der Waals surface area (Å²) in [5.41, 5.74) is -5.23. The molecule has 0 aromatic rings. The maximum Gasteiger partial charge on any atom is 0.335 e. The van der Waals surface area contributed by atoms with Gasteiger partial charge in [0.2, 0.25) is 0 Å². The van der Waals surface area contributed by atoms with E-state index in [0.29, 0.717) is 0 Å². The predicted octanol–water partition coefficient (Wildman–Crippen LogP) is -1.75. The molecule has 0 aliphatic heterocycles. The van der Waals surface area contributed by atoms with Crippen molar-refractivity contribution in [2.45, 2.75) is 27.2 Å². The number of hydrogen-bond acceptors (Lipinski definition) is 6. The first-order valence-corrected chi connectivity index (χ1v) is 5.78. The lowest BCUT2D eigenvalue weighted by Gasteiger charge is -2.62. The van der Waals surface area contributed by atoms with Gasteiger partial charge < -0.3 is 30.6 Å². The van der Waals surface area contributed by atoms with Gasteiger partial charge >= 0.3 is 5.97 Å². The van der Waals surface area contributed by atoms with E-state index >= 15 is 0 Å². The molecule has 1 rings (SSSR count). The van der Waals surface area contributed by atoms with Gasteiger partial charge in [-0.3, -0.25) is 0 Å². The van der Waals surface area contributed by atoms with Crippen molar-refractivity contribution in [1.29, 1.82) is 0 Å². The zero-order chi connectivity index (χ0) is 14.5. The van der Waals surface area contributed by atoms with Gasteiger partial charge in [-0.25, -0.2) is 4.79 Å². The minimum atomic E-state index is -2.80. The van der Waals surface area contributed by atoms with Gasteiger partial charge in [0.25, 0.3) is 0 Å². The molecular weight excluding hydrogens is 314 g/mol. The molecule has 0 spiro atoms. The molecule has 0 amide bonds. The van der Waals surface area contributed by atoms with Crippen molar-refractivity contribution in [3.05, 3.63) is 0 Å². The number of carbonyl (C=O) groups is 1. The van der Waals surface area contributed by atoms with Crippen LogP contribution in [0.5, 0.6) is 0 Å². The van der Waals surface area contributed by atoms with Crippen LogP contribution in [0.1, 0.15) is 0 Å². The van der Waals surface area contributed by atoms with Crippen LogP contribution in [0.3, 0.4) is 0 Å². The van der Waals surface area contributed by atoms with Crippen molar-refractivity contribution < 1.29 is 35.4 Å². The third-order valence-corrected chi connectivity index (χ3v) is 3.78. The first kappa shape index (κ1) is 16.2. The molecule has 1 unspecified atom stereocenters. The number of aliphatic hydroxyl groups is 5. The third-order valence-electron chi connectivity index (χ3n) is 3.13. The lowest BCUT2D eigenvalue weighted by molar-refractivity contribution is -0.345. The van der Waals surface area contributed by atoms with Crippen LogP contribution in [-0.2, 0) is 4.79 Å². The molecule has 0 saturated heterocycles. The van der Waals surface area contributed by atoms with Gasteiger partial charge in [-0.05, 0) is 0 Å². The summed E-state index contributed by atoms with van der Waals surface area (Å²) < 4.78 is -2.41. The number of aliphatic hydroxyl groups excluding tert-OH is 3. The molecule has 18 heavy (non-hydrogen) atoms. The van der Waals surface area contributed by atoms with E-state index in [1.165, 1.54) is 0 Å². The number of carboxylic acid groups (broad SMARTS) is 1. The second kappa shape index (κ2) is 4.60. The Kier molecular flexibility index (Phi) is 4.14. The van der Waals surface area contributed by atoms with Gasteiger partial charge in [0, 0.05) is 0 Å². The second-order valence-corrected chi connectivity index (χ2v) is 6.52. The number of aliphatic carboxylic acids is 1. The summed E-state index contributed by atoms with van der Waals surface area (Å²) >= 11 is 16.4. The fourth-order valence-electron chi connectivity index (χ4n) is 2.25. The summed E-state index contributed by atoms with van der Waals surface area (Å²) in [4.78, 5) is 10.7. The normalized spacial score (nSPS) is 42.2. The average molecular weight is 326 g/mol.